The van der Waals surface area contributed by atoms with Crippen molar-refractivity contribution >= 4 is 32.3 Å². The first-order chi connectivity index (χ1) is 28.0. The average Bonchev–Trinajstić information content (AvgIpc) is 3.51. The van der Waals surface area contributed by atoms with Crippen LogP contribution in [0.25, 0.3) is 99.6 Å². The Kier molecular flexibility index (Phi) is 7.55. The SMILES string of the molecule is CC1(C)c2ccc(-c3ccc(-c4cc(-c5ccc(-c6ccccc6)cc5)nc(-c5cccc6ccccc56)n4)c4ccccc34)cc2-c2c1ccc1ccccc21. The maximum absolute atomic E-state index is 5.37. The smallest absolute Gasteiger partial charge is 0.161 e. The molecule has 9 aromatic carbocycles. The second-order valence-corrected chi connectivity index (χ2v) is 15.7. The van der Waals surface area contributed by atoms with Crippen molar-refractivity contribution in [2.75, 3.05) is 0 Å². The molecule has 0 N–H and O–H groups in total. The summed E-state index contributed by atoms with van der Waals surface area (Å²) in [4.78, 5) is 10.6. The van der Waals surface area contributed by atoms with Crippen LogP contribution in [0, 0.1) is 0 Å². The topological polar surface area (TPSA) is 25.8 Å². The Labute approximate surface area is 332 Å². The third-order valence-corrected chi connectivity index (χ3v) is 12.1. The van der Waals surface area contributed by atoms with Crippen LogP contribution in [0.4, 0.5) is 0 Å². The number of rotatable bonds is 5. The fourth-order valence-electron chi connectivity index (χ4n) is 9.20. The van der Waals surface area contributed by atoms with Crippen molar-refractivity contribution < 1.29 is 0 Å². The number of benzene rings is 9. The Balaban J connectivity index is 1.08. The molecule has 0 amide bonds. The van der Waals surface area contributed by atoms with Crippen LogP contribution >= 0.6 is 0 Å². The molecular weight excluding hydrogens is 689 g/mol. The summed E-state index contributed by atoms with van der Waals surface area (Å²) in [6.45, 7) is 4.72. The molecule has 0 saturated carbocycles. The maximum atomic E-state index is 5.37. The van der Waals surface area contributed by atoms with Crippen LogP contribution in [0.15, 0.2) is 194 Å². The molecule has 268 valence electrons. The van der Waals surface area contributed by atoms with E-state index in [1.54, 1.807) is 0 Å². The number of nitrogens with zero attached hydrogens (tertiary/aromatic N) is 2. The molecule has 0 fully saturated rings. The van der Waals surface area contributed by atoms with Gasteiger partial charge < -0.3 is 0 Å². The molecule has 57 heavy (non-hydrogen) atoms. The van der Waals surface area contributed by atoms with Gasteiger partial charge in [-0.2, -0.15) is 0 Å². The van der Waals surface area contributed by atoms with Gasteiger partial charge in [-0.1, -0.05) is 196 Å². The molecule has 10 aromatic rings. The van der Waals surface area contributed by atoms with E-state index < -0.39 is 0 Å². The summed E-state index contributed by atoms with van der Waals surface area (Å²) < 4.78 is 0. The zero-order chi connectivity index (χ0) is 38.1. The molecule has 1 aromatic heterocycles. The Morgan fingerprint density at radius 3 is 1.68 bits per heavy atom. The summed E-state index contributed by atoms with van der Waals surface area (Å²) in [5.41, 5.74) is 15.1. The lowest BCUT2D eigenvalue weighted by atomic mass is 9.81. The number of hydrogen-bond donors (Lipinski definition) is 0. The van der Waals surface area contributed by atoms with Crippen molar-refractivity contribution in [2.45, 2.75) is 19.3 Å². The van der Waals surface area contributed by atoms with E-state index >= 15 is 0 Å². The van der Waals surface area contributed by atoms with Gasteiger partial charge in [0, 0.05) is 22.1 Å². The maximum Gasteiger partial charge on any atom is 0.161 e. The Hall–Kier alpha value is -7.16. The molecule has 11 rings (SSSR count). The predicted octanol–water partition coefficient (Wildman–Crippen LogP) is 14.6. The molecule has 0 radical (unpaired) electrons. The molecule has 2 nitrogen and oxygen atoms in total. The van der Waals surface area contributed by atoms with Gasteiger partial charge in [0.15, 0.2) is 5.82 Å². The molecular formula is C55H38N2. The highest BCUT2D eigenvalue weighted by atomic mass is 14.9. The highest BCUT2D eigenvalue weighted by molar-refractivity contribution is 6.07. The Bertz CT molecular complexity index is 3190. The van der Waals surface area contributed by atoms with Gasteiger partial charge in [-0.05, 0) is 89.0 Å². The average molecular weight is 727 g/mol. The summed E-state index contributed by atoms with van der Waals surface area (Å²) in [7, 11) is 0. The second-order valence-electron chi connectivity index (χ2n) is 15.7. The van der Waals surface area contributed by atoms with Crippen molar-refractivity contribution in [1.29, 1.82) is 0 Å². The molecule has 2 heteroatoms. The van der Waals surface area contributed by atoms with E-state index in [1.807, 2.05) is 0 Å². The zero-order valence-electron chi connectivity index (χ0n) is 31.9. The van der Waals surface area contributed by atoms with E-state index in [9.17, 15) is 0 Å². The van der Waals surface area contributed by atoms with Crippen LogP contribution in [0.1, 0.15) is 25.0 Å². The van der Waals surface area contributed by atoms with Crippen LogP contribution in [-0.4, -0.2) is 9.97 Å². The lowest BCUT2D eigenvalue weighted by molar-refractivity contribution is 0.661. The largest absolute Gasteiger partial charge is 0.228 e. The minimum absolute atomic E-state index is 0.0759. The normalized spacial score (nSPS) is 12.9. The highest BCUT2D eigenvalue weighted by Gasteiger charge is 2.36. The number of aromatic nitrogens is 2. The standard InChI is InChI=1S/C55H38N2/c1-55(2)49-31-28-40(33-48(49)53-43-19-9-7-16-38(43)27-32-50(53)55)42-29-30-46(45-21-11-10-20-44(42)45)52-34-51(39-25-23-36(24-26-39)35-13-4-3-5-14-35)56-54(57-52)47-22-12-17-37-15-6-8-18-41(37)47/h3-34H,1-2H3. The molecule has 0 unspecified atom stereocenters. The van der Waals surface area contributed by atoms with Crippen molar-refractivity contribution in [3.05, 3.63) is 205 Å². The van der Waals surface area contributed by atoms with Gasteiger partial charge in [-0.15, -0.1) is 0 Å². The van der Waals surface area contributed by atoms with Crippen molar-refractivity contribution in [3.8, 4) is 67.3 Å². The van der Waals surface area contributed by atoms with Gasteiger partial charge in [0.05, 0.1) is 11.4 Å². The van der Waals surface area contributed by atoms with E-state index in [2.05, 4.69) is 208 Å². The lowest BCUT2D eigenvalue weighted by Crippen LogP contribution is -2.14. The molecule has 0 aliphatic heterocycles. The summed E-state index contributed by atoms with van der Waals surface area (Å²) in [5, 5.41) is 7.26. The molecule has 0 saturated heterocycles. The van der Waals surface area contributed by atoms with Crippen LogP contribution < -0.4 is 0 Å². The van der Waals surface area contributed by atoms with E-state index in [1.165, 1.54) is 66.1 Å². The summed E-state index contributed by atoms with van der Waals surface area (Å²) >= 11 is 0. The second kappa shape index (κ2) is 13.0. The molecule has 1 aliphatic carbocycles. The van der Waals surface area contributed by atoms with Crippen LogP contribution in [-0.2, 0) is 5.41 Å². The van der Waals surface area contributed by atoms with Crippen molar-refractivity contribution in [2.24, 2.45) is 0 Å². The number of hydrogen-bond acceptors (Lipinski definition) is 2. The minimum Gasteiger partial charge on any atom is -0.228 e. The van der Waals surface area contributed by atoms with Crippen LogP contribution in [0.3, 0.4) is 0 Å². The predicted molar refractivity (Wildman–Crippen MR) is 239 cm³/mol. The first-order valence-electron chi connectivity index (χ1n) is 19.7. The first kappa shape index (κ1) is 33.2. The van der Waals surface area contributed by atoms with Crippen molar-refractivity contribution in [3.63, 3.8) is 0 Å². The first-order valence-corrected chi connectivity index (χ1v) is 19.7. The molecule has 0 bridgehead atoms. The molecule has 1 heterocycles. The van der Waals surface area contributed by atoms with E-state index in [0.29, 0.717) is 5.82 Å². The van der Waals surface area contributed by atoms with E-state index in [-0.39, 0.29) is 5.41 Å². The summed E-state index contributed by atoms with van der Waals surface area (Å²) in [6.07, 6.45) is 0. The van der Waals surface area contributed by atoms with Gasteiger partial charge in [-0.3, -0.25) is 0 Å². The zero-order valence-corrected chi connectivity index (χ0v) is 31.9. The minimum atomic E-state index is -0.0759. The Morgan fingerprint density at radius 1 is 0.333 bits per heavy atom. The van der Waals surface area contributed by atoms with Crippen LogP contribution in [0.5, 0.6) is 0 Å². The quantitative estimate of drug-likeness (QED) is 0.176. The molecule has 1 aliphatic rings. The van der Waals surface area contributed by atoms with E-state index in [4.69, 9.17) is 9.97 Å². The monoisotopic (exact) mass is 726 g/mol. The lowest BCUT2D eigenvalue weighted by Gasteiger charge is -2.22. The van der Waals surface area contributed by atoms with Gasteiger partial charge in [0.2, 0.25) is 0 Å². The van der Waals surface area contributed by atoms with Crippen molar-refractivity contribution in [1.82, 2.24) is 9.97 Å². The fourth-order valence-corrected chi connectivity index (χ4v) is 9.20. The van der Waals surface area contributed by atoms with Gasteiger partial charge in [0.25, 0.3) is 0 Å². The third-order valence-electron chi connectivity index (χ3n) is 12.1. The Morgan fingerprint density at radius 2 is 0.895 bits per heavy atom. The summed E-state index contributed by atoms with van der Waals surface area (Å²) in [6, 6.07) is 70.1. The third kappa shape index (κ3) is 5.40. The van der Waals surface area contributed by atoms with Crippen LogP contribution in [0.2, 0.25) is 0 Å². The highest BCUT2D eigenvalue weighted by Crippen LogP contribution is 2.52. The molecule has 0 spiro atoms. The van der Waals surface area contributed by atoms with Gasteiger partial charge in [0.1, 0.15) is 0 Å². The molecule has 0 atom stereocenters. The van der Waals surface area contributed by atoms with Gasteiger partial charge >= 0.3 is 0 Å². The van der Waals surface area contributed by atoms with Gasteiger partial charge in [-0.25, -0.2) is 9.97 Å². The van der Waals surface area contributed by atoms with E-state index in [0.717, 1.165) is 38.9 Å². The fraction of sp³-hybridized carbons (Fsp3) is 0.0545. The number of fused-ring (bicyclic) bond motifs is 7. The summed E-state index contributed by atoms with van der Waals surface area (Å²) in [5.74, 6) is 0.715.